The Morgan fingerprint density at radius 3 is 2.59 bits per heavy atom. The monoisotopic (exact) mass is 465 g/mol. The van der Waals surface area contributed by atoms with E-state index in [1.807, 2.05) is 6.92 Å². The number of aliphatic hydroxyl groups is 1. The summed E-state index contributed by atoms with van der Waals surface area (Å²) in [5, 5.41) is 11.1. The Balaban J connectivity index is 1.89. The van der Waals surface area contributed by atoms with Gasteiger partial charge in [0.25, 0.3) is 11.7 Å². The Morgan fingerprint density at radius 2 is 1.94 bits per heavy atom. The van der Waals surface area contributed by atoms with Crippen molar-refractivity contribution in [2.24, 2.45) is 0 Å². The van der Waals surface area contributed by atoms with Crippen LogP contribution in [0, 0.1) is 12.7 Å². The minimum absolute atomic E-state index is 0.00317. The van der Waals surface area contributed by atoms with Crippen LogP contribution in [-0.2, 0) is 16.1 Å². The Kier molecular flexibility index (Phi) is 6.40. The largest absolute Gasteiger partial charge is 0.507 e. The van der Waals surface area contributed by atoms with Crippen LogP contribution in [0.4, 0.5) is 4.39 Å². The SMILES string of the molecule is CCOc1ccc(C2C(=C(O)c3ccc(C)c(F)c3)C(=O)C(=O)N2Cc2ccco2)cc1OC. The number of furan rings is 1. The molecule has 1 aliphatic heterocycles. The summed E-state index contributed by atoms with van der Waals surface area (Å²) in [6.45, 7) is 3.85. The number of carbonyl (C=O) groups excluding carboxylic acids is 2. The second kappa shape index (κ2) is 9.43. The molecule has 1 atom stereocenters. The minimum atomic E-state index is -0.959. The van der Waals surface area contributed by atoms with Crippen molar-refractivity contribution in [1.29, 1.82) is 0 Å². The number of aliphatic hydroxyl groups excluding tert-OH is 1. The maximum Gasteiger partial charge on any atom is 0.296 e. The molecule has 34 heavy (non-hydrogen) atoms. The molecule has 8 heteroatoms. The summed E-state index contributed by atoms with van der Waals surface area (Å²) >= 11 is 0. The van der Waals surface area contributed by atoms with Gasteiger partial charge in [0.05, 0.1) is 38.1 Å². The third kappa shape index (κ3) is 4.14. The van der Waals surface area contributed by atoms with Gasteiger partial charge in [0.15, 0.2) is 11.5 Å². The third-order valence-electron chi connectivity index (χ3n) is 5.69. The molecule has 1 aliphatic rings. The van der Waals surface area contributed by atoms with Crippen LogP contribution in [0.3, 0.4) is 0 Å². The molecule has 176 valence electrons. The van der Waals surface area contributed by atoms with Crippen molar-refractivity contribution in [1.82, 2.24) is 4.90 Å². The van der Waals surface area contributed by atoms with Crippen LogP contribution in [0.15, 0.2) is 64.8 Å². The number of Topliss-reactive ketones (excluding diaryl/α,β-unsaturated/α-hetero) is 1. The van der Waals surface area contributed by atoms with E-state index in [0.717, 1.165) is 6.07 Å². The molecule has 4 rings (SSSR count). The van der Waals surface area contributed by atoms with Crippen LogP contribution in [0.25, 0.3) is 5.76 Å². The molecule has 0 radical (unpaired) electrons. The number of nitrogens with zero attached hydrogens (tertiary/aromatic N) is 1. The second-order valence-corrected chi connectivity index (χ2v) is 7.81. The van der Waals surface area contributed by atoms with Crippen LogP contribution in [0.1, 0.15) is 35.4 Å². The Hall–Kier alpha value is -4.07. The van der Waals surface area contributed by atoms with Gasteiger partial charge in [-0.3, -0.25) is 9.59 Å². The predicted molar refractivity (Wildman–Crippen MR) is 122 cm³/mol. The van der Waals surface area contributed by atoms with Gasteiger partial charge in [-0.05, 0) is 55.3 Å². The van der Waals surface area contributed by atoms with Crippen molar-refractivity contribution in [3.8, 4) is 11.5 Å². The Labute approximate surface area is 196 Å². The average Bonchev–Trinajstić information content (AvgIpc) is 3.43. The van der Waals surface area contributed by atoms with Gasteiger partial charge in [-0.2, -0.15) is 0 Å². The van der Waals surface area contributed by atoms with Crippen LogP contribution in [-0.4, -0.2) is 35.4 Å². The molecule has 1 N–H and O–H groups in total. The van der Waals surface area contributed by atoms with Crippen molar-refractivity contribution < 1.29 is 33.0 Å². The number of aryl methyl sites for hydroxylation is 1. The van der Waals surface area contributed by atoms with Crippen LogP contribution in [0.5, 0.6) is 11.5 Å². The molecule has 3 aromatic rings. The van der Waals surface area contributed by atoms with Crippen LogP contribution >= 0.6 is 0 Å². The van der Waals surface area contributed by atoms with Gasteiger partial charge in [-0.25, -0.2) is 4.39 Å². The number of hydrogen-bond acceptors (Lipinski definition) is 6. The third-order valence-corrected chi connectivity index (χ3v) is 5.69. The molecule has 7 nitrogen and oxygen atoms in total. The highest BCUT2D eigenvalue weighted by Crippen LogP contribution is 2.42. The van der Waals surface area contributed by atoms with E-state index in [9.17, 15) is 19.1 Å². The molecule has 2 aromatic carbocycles. The molecule has 0 aliphatic carbocycles. The number of methoxy groups -OCH3 is 1. The van der Waals surface area contributed by atoms with Crippen molar-refractivity contribution >= 4 is 17.4 Å². The smallest absolute Gasteiger partial charge is 0.296 e. The summed E-state index contributed by atoms with van der Waals surface area (Å²) in [7, 11) is 1.48. The molecule has 1 fully saturated rings. The normalized spacial score (nSPS) is 17.3. The molecule has 2 heterocycles. The lowest BCUT2D eigenvalue weighted by atomic mass is 9.94. The fourth-order valence-electron chi connectivity index (χ4n) is 3.98. The second-order valence-electron chi connectivity index (χ2n) is 7.81. The zero-order valence-corrected chi connectivity index (χ0v) is 19.0. The number of ketones is 1. The predicted octanol–water partition coefficient (Wildman–Crippen LogP) is 4.76. The van der Waals surface area contributed by atoms with Crippen molar-refractivity contribution in [2.45, 2.75) is 26.4 Å². The molecular formula is C26H24FNO6. The molecule has 1 unspecified atom stereocenters. The number of halogens is 1. The number of rotatable bonds is 7. The lowest BCUT2D eigenvalue weighted by Crippen LogP contribution is -2.29. The number of ether oxygens (including phenoxy) is 2. The van der Waals surface area contributed by atoms with Gasteiger partial charge in [0.1, 0.15) is 17.3 Å². The van der Waals surface area contributed by atoms with E-state index in [-0.39, 0.29) is 17.7 Å². The highest BCUT2D eigenvalue weighted by atomic mass is 19.1. The standard InChI is InChI=1S/C26H24FNO6/c1-4-33-20-10-9-16(13-21(20)32-3)23-22(24(29)17-8-7-15(2)19(27)12-17)25(30)26(31)28(23)14-18-6-5-11-34-18/h5-13,23,29H,4,14H2,1-3H3. The topological polar surface area (TPSA) is 89.2 Å². The zero-order valence-electron chi connectivity index (χ0n) is 19.0. The molecular weight excluding hydrogens is 441 g/mol. The number of hydrogen-bond donors (Lipinski definition) is 1. The minimum Gasteiger partial charge on any atom is -0.507 e. The van der Waals surface area contributed by atoms with E-state index in [1.54, 1.807) is 37.3 Å². The van der Waals surface area contributed by atoms with Crippen LogP contribution in [0.2, 0.25) is 0 Å². The molecule has 1 saturated heterocycles. The first-order valence-electron chi connectivity index (χ1n) is 10.7. The van der Waals surface area contributed by atoms with E-state index in [1.165, 1.54) is 30.4 Å². The zero-order chi connectivity index (χ0) is 24.4. The van der Waals surface area contributed by atoms with Gasteiger partial charge in [-0.1, -0.05) is 18.2 Å². The number of benzene rings is 2. The lowest BCUT2D eigenvalue weighted by Gasteiger charge is -2.25. The Bertz CT molecular complexity index is 1260. The summed E-state index contributed by atoms with van der Waals surface area (Å²) in [5.74, 6) is -1.30. The number of amides is 1. The van der Waals surface area contributed by atoms with Crippen LogP contribution < -0.4 is 9.47 Å². The maximum atomic E-state index is 14.2. The fraction of sp³-hybridized carbons (Fsp3) is 0.231. The van der Waals surface area contributed by atoms with Gasteiger partial charge >= 0.3 is 0 Å². The highest BCUT2D eigenvalue weighted by molar-refractivity contribution is 6.46. The fourth-order valence-corrected chi connectivity index (χ4v) is 3.98. The Morgan fingerprint density at radius 1 is 1.15 bits per heavy atom. The lowest BCUT2D eigenvalue weighted by molar-refractivity contribution is -0.140. The molecule has 0 spiro atoms. The van der Waals surface area contributed by atoms with Gasteiger partial charge < -0.3 is 23.9 Å². The van der Waals surface area contributed by atoms with E-state index >= 15 is 0 Å². The number of likely N-dealkylation sites (tertiary alicyclic amines) is 1. The highest BCUT2D eigenvalue weighted by Gasteiger charge is 2.46. The summed E-state index contributed by atoms with van der Waals surface area (Å²) in [6.07, 6.45) is 1.47. The first-order chi connectivity index (χ1) is 16.3. The van der Waals surface area contributed by atoms with Crippen molar-refractivity contribution in [3.05, 3.63) is 88.6 Å². The van der Waals surface area contributed by atoms with Crippen molar-refractivity contribution in [2.75, 3.05) is 13.7 Å². The van der Waals surface area contributed by atoms with Crippen molar-refractivity contribution in [3.63, 3.8) is 0 Å². The van der Waals surface area contributed by atoms with Gasteiger partial charge in [0.2, 0.25) is 0 Å². The first kappa shape index (κ1) is 23.1. The summed E-state index contributed by atoms with van der Waals surface area (Å²) in [5.41, 5.74) is 0.857. The van der Waals surface area contributed by atoms with E-state index in [2.05, 4.69) is 0 Å². The summed E-state index contributed by atoms with van der Waals surface area (Å²) < 4.78 is 30.6. The first-order valence-corrected chi connectivity index (χ1v) is 10.7. The quantitative estimate of drug-likeness (QED) is 0.308. The van der Waals surface area contributed by atoms with Gasteiger partial charge in [0, 0.05) is 5.56 Å². The van der Waals surface area contributed by atoms with E-state index < -0.39 is 29.3 Å². The molecule has 0 bridgehead atoms. The summed E-state index contributed by atoms with van der Waals surface area (Å²) in [4.78, 5) is 27.5. The molecule has 0 saturated carbocycles. The summed E-state index contributed by atoms with van der Waals surface area (Å²) in [6, 6.07) is 11.6. The number of carbonyl (C=O) groups is 2. The molecule has 1 amide bonds. The van der Waals surface area contributed by atoms with Gasteiger partial charge in [-0.15, -0.1) is 0 Å². The average molecular weight is 465 g/mol. The van der Waals surface area contributed by atoms with E-state index in [0.29, 0.717) is 35.0 Å². The molecule has 1 aromatic heterocycles. The maximum absolute atomic E-state index is 14.2. The van der Waals surface area contributed by atoms with E-state index in [4.69, 9.17) is 13.9 Å².